The van der Waals surface area contributed by atoms with Crippen LogP contribution in [-0.4, -0.2) is 16.7 Å². The molecule has 0 amide bonds. The number of nitrogen functional groups attached to an aromatic ring is 1. The largest absolute Gasteiger partial charge is 0.390 e. The molecule has 13 heavy (non-hydrogen) atoms. The van der Waals surface area contributed by atoms with Crippen molar-refractivity contribution in [1.29, 1.82) is 0 Å². The van der Waals surface area contributed by atoms with Gasteiger partial charge in [-0.3, -0.25) is 0 Å². The van der Waals surface area contributed by atoms with Crippen LogP contribution < -0.4 is 11.1 Å². The van der Waals surface area contributed by atoms with E-state index >= 15 is 0 Å². The molecule has 0 radical (unpaired) electrons. The van der Waals surface area contributed by atoms with Gasteiger partial charge in [0.25, 0.3) is 0 Å². The number of aromatic nitrogens is 2. The summed E-state index contributed by atoms with van der Waals surface area (Å²) < 4.78 is 5.00. The molecule has 3 N–H and O–H groups in total. The minimum absolute atomic E-state index is 0.115. The number of anilines is 2. The molecule has 1 heterocycles. The monoisotopic (exact) mass is 182 g/mol. The van der Waals surface area contributed by atoms with Crippen molar-refractivity contribution in [3.63, 3.8) is 0 Å². The first-order valence-corrected chi connectivity index (χ1v) is 4.57. The molecule has 0 saturated heterocycles. The lowest BCUT2D eigenvalue weighted by Crippen LogP contribution is -2.14. The Balaban J connectivity index is 1.86. The van der Waals surface area contributed by atoms with Crippen LogP contribution >= 0.6 is 0 Å². The van der Waals surface area contributed by atoms with E-state index < -0.39 is 0 Å². The van der Waals surface area contributed by atoms with Gasteiger partial charge in [0.1, 0.15) is 0 Å². The zero-order chi connectivity index (χ0) is 9.31. The molecule has 1 aromatic rings. The van der Waals surface area contributed by atoms with Crippen LogP contribution in [0.1, 0.15) is 26.2 Å². The van der Waals surface area contributed by atoms with Crippen molar-refractivity contribution in [2.75, 3.05) is 17.6 Å². The van der Waals surface area contributed by atoms with E-state index in [9.17, 15) is 0 Å². The molecule has 2 rings (SSSR count). The predicted molar refractivity (Wildman–Crippen MR) is 49.2 cm³/mol. The van der Waals surface area contributed by atoms with Crippen LogP contribution in [0.25, 0.3) is 0 Å². The van der Waals surface area contributed by atoms with Crippen LogP contribution in [-0.2, 0) is 0 Å². The molecule has 0 atom stereocenters. The van der Waals surface area contributed by atoms with Crippen molar-refractivity contribution in [1.82, 2.24) is 10.2 Å². The molecular weight excluding hydrogens is 168 g/mol. The zero-order valence-electron chi connectivity index (χ0n) is 7.71. The van der Waals surface area contributed by atoms with Gasteiger partial charge in [-0.2, -0.15) is 0 Å². The lowest BCUT2D eigenvalue weighted by molar-refractivity contribution is 0.504. The van der Waals surface area contributed by atoms with Crippen molar-refractivity contribution in [2.45, 2.75) is 26.2 Å². The van der Waals surface area contributed by atoms with Gasteiger partial charge < -0.3 is 15.5 Å². The van der Waals surface area contributed by atoms with Crippen LogP contribution in [0.4, 0.5) is 12.0 Å². The van der Waals surface area contributed by atoms with Crippen molar-refractivity contribution in [3.05, 3.63) is 0 Å². The van der Waals surface area contributed by atoms with Gasteiger partial charge in [-0.25, -0.2) is 0 Å². The molecule has 1 fully saturated rings. The van der Waals surface area contributed by atoms with Crippen LogP contribution in [0.15, 0.2) is 4.42 Å². The van der Waals surface area contributed by atoms with E-state index in [0.29, 0.717) is 11.4 Å². The number of nitrogens with two attached hydrogens (primary N) is 1. The molecule has 1 aliphatic rings. The highest BCUT2D eigenvalue weighted by molar-refractivity contribution is 5.23. The smallest absolute Gasteiger partial charge is 0.316 e. The Bertz CT molecular complexity index is 292. The summed E-state index contributed by atoms with van der Waals surface area (Å²) in [7, 11) is 0. The van der Waals surface area contributed by atoms with E-state index in [1.54, 1.807) is 0 Å². The van der Waals surface area contributed by atoms with Gasteiger partial charge in [-0.1, -0.05) is 17.1 Å². The molecule has 5 heteroatoms. The number of hydrogen-bond donors (Lipinski definition) is 2. The van der Waals surface area contributed by atoms with Crippen LogP contribution in [0, 0.1) is 5.41 Å². The maximum absolute atomic E-state index is 5.29. The second kappa shape index (κ2) is 2.90. The van der Waals surface area contributed by atoms with Crippen LogP contribution in [0.5, 0.6) is 0 Å². The van der Waals surface area contributed by atoms with E-state index in [1.165, 1.54) is 19.3 Å². The first kappa shape index (κ1) is 8.34. The maximum Gasteiger partial charge on any atom is 0.316 e. The Morgan fingerprint density at radius 3 is 2.77 bits per heavy atom. The Hall–Kier alpha value is -1.26. The molecule has 0 bridgehead atoms. The van der Waals surface area contributed by atoms with Gasteiger partial charge in [0, 0.05) is 6.54 Å². The number of rotatable bonds is 4. The summed E-state index contributed by atoms with van der Waals surface area (Å²) in [5, 5.41) is 10.4. The minimum atomic E-state index is 0.115. The standard InChI is InChI=1S/C8H14N4O/c1-2-8(3-4-8)5-10-7-12-11-6(9)13-7/h2-5H2,1H3,(H2,9,11)(H,10,12). The normalized spacial score (nSPS) is 18.5. The van der Waals surface area contributed by atoms with Gasteiger partial charge in [0.2, 0.25) is 0 Å². The van der Waals surface area contributed by atoms with E-state index in [0.717, 1.165) is 6.54 Å². The summed E-state index contributed by atoms with van der Waals surface area (Å²) >= 11 is 0. The van der Waals surface area contributed by atoms with Crippen molar-refractivity contribution in [2.24, 2.45) is 5.41 Å². The predicted octanol–water partition coefficient (Wildman–Crippen LogP) is 1.25. The molecule has 1 saturated carbocycles. The second-order valence-electron chi connectivity index (χ2n) is 3.65. The maximum atomic E-state index is 5.29. The molecule has 1 aliphatic carbocycles. The van der Waals surface area contributed by atoms with Crippen LogP contribution in [0.2, 0.25) is 0 Å². The average Bonchev–Trinajstić information content (AvgIpc) is 2.81. The molecule has 0 unspecified atom stereocenters. The van der Waals surface area contributed by atoms with Gasteiger partial charge in [-0.15, -0.1) is 0 Å². The van der Waals surface area contributed by atoms with E-state index in [1.807, 2.05) is 0 Å². The van der Waals surface area contributed by atoms with Gasteiger partial charge in [-0.05, 0) is 24.7 Å². The van der Waals surface area contributed by atoms with Crippen LogP contribution in [0.3, 0.4) is 0 Å². The Labute approximate surface area is 76.7 Å². The highest BCUT2D eigenvalue weighted by Crippen LogP contribution is 2.48. The van der Waals surface area contributed by atoms with Crippen molar-refractivity contribution < 1.29 is 4.42 Å². The fourth-order valence-corrected chi connectivity index (χ4v) is 1.40. The SMILES string of the molecule is CCC1(CNc2nnc(N)o2)CC1. The summed E-state index contributed by atoms with van der Waals surface area (Å²) in [5.74, 6) is 0. The molecule has 0 spiro atoms. The van der Waals surface area contributed by atoms with Gasteiger partial charge in [0.15, 0.2) is 0 Å². The zero-order valence-corrected chi connectivity index (χ0v) is 7.71. The third-order valence-electron chi connectivity index (χ3n) is 2.76. The Kier molecular flexibility index (Phi) is 1.86. The first-order valence-electron chi connectivity index (χ1n) is 4.57. The lowest BCUT2D eigenvalue weighted by atomic mass is 10.0. The third-order valence-corrected chi connectivity index (χ3v) is 2.76. The van der Waals surface area contributed by atoms with E-state index in [4.69, 9.17) is 10.2 Å². The second-order valence-corrected chi connectivity index (χ2v) is 3.65. The molecular formula is C8H14N4O. The highest BCUT2D eigenvalue weighted by atomic mass is 16.4. The summed E-state index contributed by atoms with van der Waals surface area (Å²) in [6.45, 7) is 3.11. The van der Waals surface area contributed by atoms with Crippen molar-refractivity contribution in [3.8, 4) is 0 Å². The summed E-state index contributed by atoms with van der Waals surface area (Å²) in [6.07, 6.45) is 3.78. The molecule has 72 valence electrons. The molecule has 0 aliphatic heterocycles. The Morgan fingerprint density at radius 1 is 1.54 bits per heavy atom. The number of nitrogens with zero attached hydrogens (tertiary/aromatic N) is 2. The quantitative estimate of drug-likeness (QED) is 0.732. The lowest BCUT2D eigenvalue weighted by Gasteiger charge is -2.10. The topological polar surface area (TPSA) is 77.0 Å². The summed E-state index contributed by atoms with van der Waals surface area (Å²) in [4.78, 5) is 0. The Morgan fingerprint density at radius 2 is 2.31 bits per heavy atom. The highest BCUT2D eigenvalue weighted by Gasteiger charge is 2.40. The fourth-order valence-electron chi connectivity index (χ4n) is 1.40. The fraction of sp³-hybridized carbons (Fsp3) is 0.750. The number of hydrogen-bond acceptors (Lipinski definition) is 5. The molecule has 1 aromatic heterocycles. The van der Waals surface area contributed by atoms with Crippen molar-refractivity contribution >= 4 is 12.0 Å². The van der Waals surface area contributed by atoms with E-state index in [2.05, 4.69) is 22.4 Å². The van der Waals surface area contributed by atoms with Gasteiger partial charge >= 0.3 is 12.0 Å². The number of nitrogens with one attached hydrogen (secondary N) is 1. The third kappa shape index (κ3) is 1.74. The molecule has 5 nitrogen and oxygen atoms in total. The summed E-state index contributed by atoms with van der Waals surface area (Å²) in [6, 6.07) is 0.543. The average molecular weight is 182 g/mol. The first-order chi connectivity index (χ1) is 6.24. The summed E-state index contributed by atoms with van der Waals surface area (Å²) in [5.41, 5.74) is 5.76. The molecule has 0 aromatic carbocycles. The van der Waals surface area contributed by atoms with E-state index in [-0.39, 0.29) is 6.01 Å². The minimum Gasteiger partial charge on any atom is -0.390 e. The van der Waals surface area contributed by atoms with Gasteiger partial charge in [0.05, 0.1) is 0 Å².